The van der Waals surface area contributed by atoms with Gasteiger partial charge in [-0.3, -0.25) is 5.43 Å². The first-order valence-electron chi connectivity index (χ1n) is 3.68. The van der Waals surface area contributed by atoms with Gasteiger partial charge in [-0.25, -0.2) is 15.2 Å². The van der Waals surface area contributed by atoms with Gasteiger partial charge in [0.1, 0.15) is 17.4 Å². The third-order valence-corrected chi connectivity index (χ3v) is 1.49. The summed E-state index contributed by atoms with van der Waals surface area (Å²) in [5.74, 6) is 4.24. The summed E-state index contributed by atoms with van der Waals surface area (Å²) in [6, 6.07) is 5.75. The van der Waals surface area contributed by atoms with Gasteiger partial charge < -0.3 is 5.73 Å². The van der Waals surface area contributed by atoms with Gasteiger partial charge in [0.05, 0.1) is 5.69 Å². The molecule has 6 heteroatoms. The molecular weight excluding hydrogens is 185 g/mol. The van der Waals surface area contributed by atoms with Crippen molar-refractivity contribution in [2.24, 2.45) is 16.6 Å². The van der Waals surface area contributed by atoms with Crippen molar-refractivity contribution in [1.29, 1.82) is 5.26 Å². The highest BCUT2D eigenvalue weighted by molar-refractivity contribution is 5.81. The Balaban J connectivity index is 3.23. The molecule has 0 radical (unpaired) electrons. The number of hydrazine groups is 1. The zero-order chi connectivity index (χ0) is 10.6. The number of hydrogen-bond acceptors (Lipinski definition) is 3. The van der Waals surface area contributed by atoms with Crippen LogP contribution in [0.3, 0.4) is 0 Å². The second kappa shape index (κ2) is 4.20. The van der Waals surface area contributed by atoms with E-state index in [1.54, 1.807) is 6.07 Å². The average molecular weight is 193 g/mol. The lowest BCUT2D eigenvalue weighted by atomic mass is 10.2. The molecule has 0 aliphatic rings. The molecule has 1 aromatic rings. The number of guanidine groups is 1. The Bertz CT molecular complexity index is 407. The third-order valence-electron chi connectivity index (χ3n) is 1.49. The number of nitrogens with two attached hydrogens (primary N) is 2. The molecule has 0 saturated carbocycles. The number of nitrogens with zero attached hydrogens (tertiary/aromatic N) is 2. The summed E-state index contributed by atoms with van der Waals surface area (Å²) < 4.78 is 13.0. The molecule has 0 bridgehead atoms. The normalized spacial score (nSPS) is 10.8. The van der Waals surface area contributed by atoms with Crippen LogP contribution in [0.15, 0.2) is 23.2 Å². The van der Waals surface area contributed by atoms with E-state index in [1.165, 1.54) is 18.2 Å². The first kappa shape index (κ1) is 9.95. The molecule has 0 atom stereocenters. The van der Waals surface area contributed by atoms with Gasteiger partial charge in [0.15, 0.2) is 0 Å². The highest BCUT2D eigenvalue weighted by Gasteiger charge is 2.06. The topological polar surface area (TPSA) is 100 Å². The third kappa shape index (κ3) is 1.97. The quantitative estimate of drug-likeness (QED) is 0.255. The summed E-state index contributed by atoms with van der Waals surface area (Å²) in [6.45, 7) is 0. The van der Waals surface area contributed by atoms with Gasteiger partial charge in [0.2, 0.25) is 5.96 Å². The Morgan fingerprint density at radius 3 is 2.86 bits per heavy atom. The van der Waals surface area contributed by atoms with E-state index < -0.39 is 5.82 Å². The Morgan fingerprint density at radius 1 is 1.57 bits per heavy atom. The molecule has 0 aliphatic heterocycles. The van der Waals surface area contributed by atoms with Crippen LogP contribution >= 0.6 is 0 Å². The minimum Gasteiger partial charge on any atom is -0.369 e. The van der Waals surface area contributed by atoms with E-state index in [-0.39, 0.29) is 17.2 Å². The van der Waals surface area contributed by atoms with Crippen LogP contribution in [0.25, 0.3) is 0 Å². The first-order valence-corrected chi connectivity index (χ1v) is 3.68. The van der Waals surface area contributed by atoms with Gasteiger partial charge >= 0.3 is 0 Å². The summed E-state index contributed by atoms with van der Waals surface area (Å²) in [4.78, 5) is 3.70. The van der Waals surface area contributed by atoms with Crippen LogP contribution in [0.1, 0.15) is 5.56 Å². The molecule has 5 nitrogen and oxygen atoms in total. The van der Waals surface area contributed by atoms with Crippen LogP contribution < -0.4 is 17.0 Å². The van der Waals surface area contributed by atoms with Crippen LogP contribution in [0.4, 0.5) is 10.1 Å². The molecule has 72 valence electrons. The minimum absolute atomic E-state index is 0.0906. The average Bonchev–Trinajstić information content (AvgIpc) is 2.18. The number of benzene rings is 1. The number of rotatable bonds is 1. The standard InChI is InChI=1S/C8H8FN5/c9-6-2-1-3-7(5(6)4-10)13-8(11)14-12/h1-3H,12H2,(H3,11,13,14). The molecule has 0 aliphatic carbocycles. The zero-order valence-electron chi connectivity index (χ0n) is 7.16. The van der Waals surface area contributed by atoms with Crippen LogP contribution in [0, 0.1) is 17.1 Å². The Hall–Kier alpha value is -2.13. The van der Waals surface area contributed by atoms with Crippen molar-refractivity contribution < 1.29 is 4.39 Å². The number of nitriles is 1. The fraction of sp³-hybridized carbons (Fsp3) is 0. The van der Waals surface area contributed by atoms with Gasteiger partial charge in [0.25, 0.3) is 0 Å². The number of nitrogens with one attached hydrogen (secondary N) is 1. The van der Waals surface area contributed by atoms with E-state index in [0.29, 0.717) is 0 Å². The smallest absolute Gasteiger partial charge is 0.208 e. The van der Waals surface area contributed by atoms with Gasteiger partial charge in [-0.2, -0.15) is 5.26 Å². The van der Waals surface area contributed by atoms with E-state index in [4.69, 9.17) is 16.8 Å². The van der Waals surface area contributed by atoms with Crippen LogP contribution in [0.5, 0.6) is 0 Å². The lowest BCUT2D eigenvalue weighted by Gasteiger charge is -2.00. The first-order chi connectivity index (χ1) is 6.69. The fourth-order valence-corrected chi connectivity index (χ4v) is 0.879. The molecular formula is C8H8FN5. The Labute approximate surface area is 79.8 Å². The molecule has 0 unspecified atom stereocenters. The van der Waals surface area contributed by atoms with E-state index >= 15 is 0 Å². The largest absolute Gasteiger partial charge is 0.369 e. The van der Waals surface area contributed by atoms with Crippen molar-refractivity contribution in [2.75, 3.05) is 0 Å². The van der Waals surface area contributed by atoms with E-state index in [2.05, 4.69) is 10.4 Å². The highest BCUT2D eigenvalue weighted by Crippen LogP contribution is 2.20. The number of halogens is 1. The Kier molecular flexibility index (Phi) is 2.99. The fourth-order valence-electron chi connectivity index (χ4n) is 0.879. The molecule has 0 fully saturated rings. The summed E-state index contributed by atoms with van der Waals surface area (Å²) >= 11 is 0. The van der Waals surface area contributed by atoms with Crippen molar-refractivity contribution in [2.45, 2.75) is 0 Å². The van der Waals surface area contributed by atoms with Gasteiger partial charge in [-0.1, -0.05) is 6.07 Å². The molecule has 1 aromatic carbocycles. The molecule has 14 heavy (non-hydrogen) atoms. The maximum Gasteiger partial charge on any atom is 0.208 e. The zero-order valence-corrected chi connectivity index (χ0v) is 7.16. The SMILES string of the molecule is N#Cc1c(F)cccc1N=C(N)NN. The number of aliphatic imine (C=N–C) groups is 1. The van der Waals surface area contributed by atoms with E-state index in [9.17, 15) is 4.39 Å². The van der Waals surface area contributed by atoms with E-state index in [1.807, 2.05) is 0 Å². The lowest BCUT2D eigenvalue weighted by molar-refractivity contribution is 0.624. The van der Waals surface area contributed by atoms with E-state index in [0.717, 1.165) is 0 Å². The maximum absolute atomic E-state index is 13.0. The van der Waals surface area contributed by atoms with Crippen LogP contribution in [0.2, 0.25) is 0 Å². The predicted molar refractivity (Wildman–Crippen MR) is 49.7 cm³/mol. The molecule has 0 aromatic heterocycles. The van der Waals surface area contributed by atoms with Gasteiger partial charge in [0, 0.05) is 0 Å². The highest BCUT2D eigenvalue weighted by atomic mass is 19.1. The summed E-state index contributed by atoms with van der Waals surface area (Å²) in [5.41, 5.74) is 7.32. The second-order valence-corrected chi connectivity index (χ2v) is 2.39. The van der Waals surface area contributed by atoms with Crippen LogP contribution in [-0.2, 0) is 0 Å². The van der Waals surface area contributed by atoms with Crippen molar-refractivity contribution >= 4 is 11.6 Å². The second-order valence-electron chi connectivity index (χ2n) is 2.39. The molecule has 0 amide bonds. The van der Waals surface area contributed by atoms with Crippen molar-refractivity contribution in [1.82, 2.24) is 5.43 Å². The molecule has 1 rings (SSSR count). The minimum atomic E-state index is -0.640. The molecule has 0 heterocycles. The Morgan fingerprint density at radius 2 is 2.29 bits per heavy atom. The van der Waals surface area contributed by atoms with Gasteiger partial charge in [-0.05, 0) is 12.1 Å². The monoisotopic (exact) mass is 193 g/mol. The summed E-state index contributed by atoms with van der Waals surface area (Å²) in [5, 5.41) is 8.63. The maximum atomic E-state index is 13.0. The van der Waals surface area contributed by atoms with Crippen molar-refractivity contribution in [3.8, 4) is 6.07 Å². The summed E-state index contributed by atoms with van der Waals surface area (Å²) in [7, 11) is 0. The number of hydrogen-bond donors (Lipinski definition) is 3. The molecule has 5 N–H and O–H groups in total. The van der Waals surface area contributed by atoms with Crippen molar-refractivity contribution in [3.05, 3.63) is 29.6 Å². The molecule has 0 saturated heterocycles. The lowest BCUT2D eigenvalue weighted by Crippen LogP contribution is -2.36. The van der Waals surface area contributed by atoms with Crippen molar-refractivity contribution in [3.63, 3.8) is 0 Å². The molecule has 0 spiro atoms. The van der Waals surface area contributed by atoms with Gasteiger partial charge in [-0.15, -0.1) is 0 Å². The van der Waals surface area contributed by atoms with Crippen LogP contribution in [-0.4, -0.2) is 5.96 Å². The predicted octanol–water partition coefficient (Wildman–Crippen LogP) is 0.107. The summed E-state index contributed by atoms with van der Waals surface area (Å²) in [6.07, 6.45) is 0.